The summed E-state index contributed by atoms with van der Waals surface area (Å²) in [5.74, 6) is 0.304. The van der Waals surface area contributed by atoms with E-state index in [9.17, 15) is 9.59 Å². The van der Waals surface area contributed by atoms with E-state index in [1.807, 2.05) is 35.2 Å². The molecule has 2 aromatic carbocycles. The maximum atomic E-state index is 13.1. The third-order valence-electron chi connectivity index (χ3n) is 5.39. The molecule has 6 nitrogen and oxygen atoms in total. The topological polar surface area (TPSA) is 61.9 Å². The Morgan fingerprint density at radius 1 is 1.14 bits per heavy atom. The average Bonchev–Trinajstić information content (AvgIpc) is 3.13. The van der Waals surface area contributed by atoms with Crippen LogP contribution in [0.5, 0.6) is 0 Å². The first-order chi connectivity index (χ1) is 13.5. The van der Waals surface area contributed by atoms with Gasteiger partial charge in [-0.25, -0.2) is 9.59 Å². The van der Waals surface area contributed by atoms with E-state index in [4.69, 9.17) is 4.74 Å². The van der Waals surface area contributed by atoms with Gasteiger partial charge in [0.05, 0.1) is 12.6 Å². The van der Waals surface area contributed by atoms with E-state index in [0.29, 0.717) is 31.3 Å². The highest BCUT2D eigenvalue weighted by Gasteiger charge is 2.33. The number of carbonyl (C=O) groups excluding carboxylic acids is 2. The molecule has 0 saturated carbocycles. The quantitative estimate of drug-likeness (QED) is 0.858. The van der Waals surface area contributed by atoms with Crippen molar-refractivity contribution in [1.29, 1.82) is 0 Å². The minimum absolute atomic E-state index is 0.0432. The summed E-state index contributed by atoms with van der Waals surface area (Å²) in [5.41, 5.74) is 3.94. The zero-order valence-electron chi connectivity index (χ0n) is 16.2. The van der Waals surface area contributed by atoms with Gasteiger partial charge in [0.15, 0.2) is 0 Å². The maximum absolute atomic E-state index is 13.1. The minimum atomic E-state index is -0.351. The molecule has 0 aliphatic carbocycles. The van der Waals surface area contributed by atoms with Gasteiger partial charge in [0, 0.05) is 17.9 Å². The monoisotopic (exact) mass is 379 g/mol. The number of hydrogen-bond acceptors (Lipinski definition) is 3. The Morgan fingerprint density at radius 2 is 1.96 bits per heavy atom. The Balaban J connectivity index is 1.54. The highest BCUT2D eigenvalue weighted by molar-refractivity contribution is 5.93. The zero-order valence-corrected chi connectivity index (χ0v) is 16.2. The fraction of sp³-hybridized carbons (Fsp3) is 0.364. The Labute approximate surface area is 165 Å². The van der Waals surface area contributed by atoms with Crippen LogP contribution in [0.1, 0.15) is 31.0 Å². The van der Waals surface area contributed by atoms with Gasteiger partial charge in [-0.15, -0.1) is 0 Å². The first-order valence-corrected chi connectivity index (χ1v) is 9.74. The van der Waals surface area contributed by atoms with Crippen molar-refractivity contribution in [2.75, 3.05) is 29.9 Å². The summed E-state index contributed by atoms with van der Waals surface area (Å²) in [6.45, 7) is 5.89. The van der Waals surface area contributed by atoms with E-state index in [1.165, 1.54) is 11.1 Å². The molecule has 1 unspecified atom stereocenters. The first-order valence-electron chi connectivity index (χ1n) is 9.74. The number of amides is 3. The number of hydrogen-bond donors (Lipinski definition) is 1. The van der Waals surface area contributed by atoms with Crippen LogP contribution < -0.4 is 10.2 Å². The second-order valence-corrected chi connectivity index (χ2v) is 7.58. The largest absolute Gasteiger partial charge is 0.447 e. The number of cyclic esters (lactones) is 1. The predicted molar refractivity (Wildman–Crippen MR) is 109 cm³/mol. The lowest BCUT2D eigenvalue weighted by atomic mass is 9.86. The first kappa shape index (κ1) is 18.3. The molecular formula is C22H25N3O3. The molecule has 0 radical (unpaired) electrons. The van der Waals surface area contributed by atoms with E-state index in [0.717, 1.165) is 12.1 Å². The summed E-state index contributed by atoms with van der Waals surface area (Å²) >= 11 is 0. The molecule has 28 heavy (non-hydrogen) atoms. The van der Waals surface area contributed by atoms with Gasteiger partial charge in [-0.1, -0.05) is 44.2 Å². The van der Waals surface area contributed by atoms with Gasteiger partial charge < -0.3 is 15.0 Å². The van der Waals surface area contributed by atoms with Gasteiger partial charge >= 0.3 is 12.1 Å². The van der Waals surface area contributed by atoms with E-state index in [-0.39, 0.29) is 18.2 Å². The van der Waals surface area contributed by atoms with E-state index >= 15 is 0 Å². The number of benzene rings is 2. The lowest BCUT2D eigenvalue weighted by Crippen LogP contribution is -2.44. The molecule has 1 atom stereocenters. The van der Waals surface area contributed by atoms with Gasteiger partial charge in [0.25, 0.3) is 0 Å². The van der Waals surface area contributed by atoms with Crippen molar-refractivity contribution in [2.45, 2.75) is 26.3 Å². The SMILES string of the molecule is CC(C)C1c2ccccc2CCN1C(=O)Nc1cccc(N2CCOC2=O)c1. The fourth-order valence-electron chi connectivity index (χ4n) is 4.12. The maximum Gasteiger partial charge on any atom is 0.414 e. The van der Waals surface area contributed by atoms with Gasteiger partial charge in [-0.2, -0.15) is 0 Å². The Morgan fingerprint density at radius 3 is 2.71 bits per heavy atom. The van der Waals surface area contributed by atoms with Crippen LogP contribution in [0.15, 0.2) is 48.5 Å². The second-order valence-electron chi connectivity index (χ2n) is 7.58. The van der Waals surface area contributed by atoms with Gasteiger partial charge in [0.1, 0.15) is 6.61 Å². The predicted octanol–water partition coefficient (Wildman–Crippen LogP) is 4.43. The molecule has 0 aromatic heterocycles. The number of ether oxygens (including phenoxy) is 1. The number of carbonyl (C=O) groups is 2. The number of nitrogens with zero attached hydrogens (tertiary/aromatic N) is 2. The molecule has 6 heteroatoms. The summed E-state index contributed by atoms with van der Waals surface area (Å²) in [6, 6.07) is 15.6. The molecule has 0 spiro atoms. The fourth-order valence-corrected chi connectivity index (χ4v) is 4.12. The average molecular weight is 379 g/mol. The molecule has 2 heterocycles. The third kappa shape index (κ3) is 3.42. The molecule has 146 valence electrons. The van der Waals surface area contributed by atoms with Crippen molar-refractivity contribution in [3.8, 4) is 0 Å². The number of fused-ring (bicyclic) bond motifs is 1. The van der Waals surface area contributed by atoms with Crippen molar-refractivity contribution in [2.24, 2.45) is 5.92 Å². The van der Waals surface area contributed by atoms with Crippen LogP contribution in [-0.2, 0) is 11.2 Å². The summed E-state index contributed by atoms with van der Waals surface area (Å²) in [6.07, 6.45) is 0.503. The molecule has 4 rings (SSSR count). The van der Waals surface area contributed by atoms with Crippen LogP contribution in [0.4, 0.5) is 21.0 Å². The van der Waals surface area contributed by atoms with Crippen molar-refractivity contribution in [3.05, 3.63) is 59.7 Å². The molecule has 3 amide bonds. The molecule has 2 aromatic rings. The molecule has 0 bridgehead atoms. The molecule has 1 fully saturated rings. The van der Waals surface area contributed by atoms with Crippen LogP contribution in [0, 0.1) is 5.92 Å². The Hall–Kier alpha value is -3.02. The number of nitrogens with one attached hydrogen (secondary N) is 1. The number of anilines is 2. The van der Waals surface area contributed by atoms with Gasteiger partial charge in [0.2, 0.25) is 0 Å². The second kappa shape index (κ2) is 7.54. The highest BCUT2D eigenvalue weighted by atomic mass is 16.6. The van der Waals surface area contributed by atoms with Gasteiger partial charge in [-0.05, 0) is 41.7 Å². The summed E-state index contributed by atoms with van der Waals surface area (Å²) < 4.78 is 5.00. The molecule has 1 saturated heterocycles. The lowest BCUT2D eigenvalue weighted by Gasteiger charge is -2.39. The summed E-state index contributed by atoms with van der Waals surface area (Å²) in [7, 11) is 0. The van der Waals surface area contributed by atoms with Crippen LogP contribution in [-0.4, -0.2) is 36.7 Å². The lowest BCUT2D eigenvalue weighted by molar-refractivity contribution is 0.160. The van der Waals surface area contributed by atoms with Crippen LogP contribution in [0.25, 0.3) is 0 Å². The van der Waals surface area contributed by atoms with Crippen molar-refractivity contribution >= 4 is 23.5 Å². The van der Waals surface area contributed by atoms with Crippen molar-refractivity contribution in [3.63, 3.8) is 0 Å². The molecule has 1 N–H and O–H groups in total. The highest BCUT2D eigenvalue weighted by Crippen LogP contribution is 2.35. The minimum Gasteiger partial charge on any atom is -0.447 e. The standard InChI is InChI=1S/C22H25N3O3/c1-15(2)20-19-9-4-3-6-16(19)10-11-25(20)21(26)23-17-7-5-8-18(14-17)24-12-13-28-22(24)27/h3-9,14-15,20H,10-13H2,1-2H3,(H,23,26). The third-order valence-corrected chi connectivity index (χ3v) is 5.39. The zero-order chi connectivity index (χ0) is 19.7. The van der Waals surface area contributed by atoms with Gasteiger partial charge in [-0.3, -0.25) is 4.90 Å². The number of urea groups is 1. The molecular weight excluding hydrogens is 354 g/mol. The van der Waals surface area contributed by atoms with E-state index < -0.39 is 0 Å². The van der Waals surface area contributed by atoms with Crippen LogP contribution in [0.3, 0.4) is 0 Å². The summed E-state index contributed by atoms with van der Waals surface area (Å²) in [4.78, 5) is 28.4. The smallest absolute Gasteiger partial charge is 0.414 e. The molecule has 2 aliphatic heterocycles. The number of rotatable bonds is 3. The Bertz CT molecular complexity index is 896. The van der Waals surface area contributed by atoms with Crippen molar-refractivity contribution < 1.29 is 14.3 Å². The van der Waals surface area contributed by atoms with E-state index in [1.54, 1.807) is 4.90 Å². The van der Waals surface area contributed by atoms with Crippen LogP contribution in [0.2, 0.25) is 0 Å². The Kier molecular flexibility index (Phi) is 4.94. The van der Waals surface area contributed by atoms with Crippen LogP contribution >= 0.6 is 0 Å². The normalized spacial score (nSPS) is 18.8. The van der Waals surface area contributed by atoms with Crippen molar-refractivity contribution in [1.82, 2.24) is 4.90 Å². The molecule has 2 aliphatic rings. The van der Waals surface area contributed by atoms with E-state index in [2.05, 4.69) is 37.4 Å². The summed E-state index contributed by atoms with van der Waals surface area (Å²) in [5, 5.41) is 3.01.